The molecule has 1 aromatic carbocycles. The number of ether oxygens (including phenoxy) is 1. The molecule has 0 unspecified atom stereocenters. The largest absolute Gasteiger partial charge is 0.507 e. The van der Waals surface area contributed by atoms with Crippen LogP contribution in [0.5, 0.6) is 5.75 Å². The minimum Gasteiger partial charge on any atom is -0.507 e. The van der Waals surface area contributed by atoms with Crippen molar-refractivity contribution in [3.63, 3.8) is 0 Å². The number of phenolic OH excluding ortho intramolecular Hbond substituents is 1. The fourth-order valence-corrected chi connectivity index (χ4v) is 0.870. The summed E-state index contributed by atoms with van der Waals surface area (Å²) in [6.45, 7) is 4.00. The molecular weight excluding hydrogens is 194 g/mol. The smallest absolute Gasteiger partial charge is 0.337 e. The van der Waals surface area contributed by atoms with Crippen LogP contribution in [-0.2, 0) is 4.74 Å². The van der Waals surface area contributed by atoms with E-state index in [2.05, 4.69) is 4.74 Å². The number of hydrogen-bond donors (Lipinski definition) is 1. The van der Waals surface area contributed by atoms with Crippen LogP contribution in [0.4, 0.5) is 0 Å². The number of rotatable bonds is 1. The molecule has 1 rings (SSSR count). The maximum Gasteiger partial charge on any atom is 0.337 e. The third kappa shape index (κ3) is 3.31. The van der Waals surface area contributed by atoms with Crippen LogP contribution in [0.1, 0.15) is 29.8 Å². The number of phenols is 1. The highest BCUT2D eigenvalue weighted by molar-refractivity contribution is 5.90. The summed E-state index contributed by atoms with van der Waals surface area (Å²) in [5, 5.41) is 17.7. The summed E-state index contributed by atoms with van der Waals surface area (Å²) >= 11 is 0. The maximum absolute atomic E-state index is 11.0. The second kappa shape index (κ2) is 6.44. The van der Waals surface area contributed by atoms with Crippen LogP contribution in [0.3, 0.4) is 0 Å². The van der Waals surface area contributed by atoms with Crippen molar-refractivity contribution in [1.29, 1.82) is 5.26 Å². The SMILES string of the molecule is CC.COC(=O)c1ccc(O)c(C#N)c1. The molecule has 4 heteroatoms. The molecule has 0 aliphatic rings. The fraction of sp³-hybridized carbons (Fsp3) is 0.273. The van der Waals surface area contributed by atoms with Gasteiger partial charge in [0.05, 0.1) is 18.2 Å². The van der Waals surface area contributed by atoms with Crippen molar-refractivity contribution >= 4 is 5.97 Å². The first kappa shape index (κ1) is 13.0. The lowest BCUT2D eigenvalue weighted by molar-refractivity contribution is 0.0600. The van der Waals surface area contributed by atoms with Crippen LogP contribution in [0.25, 0.3) is 0 Å². The van der Waals surface area contributed by atoms with Gasteiger partial charge in [-0.1, -0.05) is 13.8 Å². The van der Waals surface area contributed by atoms with Gasteiger partial charge in [0.15, 0.2) is 0 Å². The van der Waals surface area contributed by atoms with E-state index < -0.39 is 5.97 Å². The number of methoxy groups -OCH3 is 1. The van der Waals surface area contributed by atoms with Crippen LogP contribution >= 0.6 is 0 Å². The topological polar surface area (TPSA) is 70.3 Å². The van der Waals surface area contributed by atoms with Crippen molar-refractivity contribution in [3.8, 4) is 11.8 Å². The zero-order valence-electron chi connectivity index (χ0n) is 8.94. The predicted octanol–water partition coefficient (Wildman–Crippen LogP) is 2.08. The number of esters is 1. The number of aromatic hydroxyl groups is 1. The molecule has 0 radical (unpaired) electrons. The summed E-state index contributed by atoms with van der Waals surface area (Å²) in [7, 11) is 1.25. The number of nitrogens with zero attached hydrogens (tertiary/aromatic N) is 1. The van der Waals surface area contributed by atoms with E-state index in [-0.39, 0.29) is 16.9 Å². The summed E-state index contributed by atoms with van der Waals surface area (Å²) in [6, 6.07) is 5.71. The lowest BCUT2D eigenvalue weighted by atomic mass is 10.1. The number of benzene rings is 1. The fourth-order valence-electron chi connectivity index (χ4n) is 0.870. The van der Waals surface area contributed by atoms with Gasteiger partial charge in [-0.05, 0) is 18.2 Å². The maximum atomic E-state index is 11.0. The van der Waals surface area contributed by atoms with Crippen molar-refractivity contribution in [2.75, 3.05) is 7.11 Å². The number of nitriles is 1. The molecule has 0 bridgehead atoms. The zero-order chi connectivity index (χ0) is 11.8. The molecule has 0 heterocycles. The van der Waals surface area contributed by atoms with Gasteiger partial charge in [-0.25, -0.2) is 4.79 Å². The molecule has 0 saturated carbocycles. The van der Waals surface area contributed by atoms with E-state index in [1.54, 1.807) is 6.07 Å². The van der Waals surface area contributed by atoms with E-state index in [0.29, 0.717) is 0 Å². The molecule has 0 fully saturated rings. The first-order valence-corrected chi connectivity index (χ1v) is 4.50. The van der Waals surface area contributed by atoms with E-state index in [0.717, 1.165) is 0 Å². The lowest BCUT2D eigenvalue weighted by Gasteiger charge is -2.00. The molecule has 1 aromatic rings. The molecule has 1 N–H and O–H groups in total. The number of carbonyl (C=O) groups is 1. The standard InChI is InChI=1S/C9H7NO3.C2H6/c1-13-9(12)6-2-3-8(11)7(4-6)5-10;1-2/h2-4,11H,1H3;1-2H3. The summed E-state index contributed by atoms with van der Waals surface area (Å²) in [6.07, 6.45) is 0. The van der Waals surface area contributed by atoms with E-state index in [4.69, 9.17) is 10.4 Å². The minimum atomic E-state index is -0.531. The Morgan fingerprint density at radius 1 is 1.47 bits per heavy atom. The van der Waals surface area contributed by atoms with Crippen molar-refractivity contribution in [3.05, 3.63) is 29.3 Å². The Labute approximate surface area is 88.7 Å². The Bertz CT molecular complexity index is 380. The van der Waals surface area contributed by atoms with Crippen molar-refractivity contribution in [1.82, 2.24) is 0 Å². The highest BCUT2D eigenvalue weighted by atomic mass is 16.5. The Hall–Kier alpha value is -2.02. The van der Waals surface area contributed by atoms with Gasteiger partial charge < -0.3 is 9.84 Å². The Morgan fingerprint density at radius 2 is 2.07 bits per heavy atom. The molecule has 0 aromatic heterocycles. The van der Waals surface area contributed by atoms with Crippen LogP contribution in [-0.4, -0.2) is 18.2 Å². The van der Waals surface area contributed by atoms with E-state index in [1.807, 2.05) is 13.8 Å². The van der Waals surface area contributed by atoms with E-state index >= 15 is 0 Å². The second-order valence-corrected chi connectivity index (χ2v) is 2.34. The van der Waals surface area contributed by atoms with Crippen LogP contribution in [0.15, 0.2) is 18.2 Å². The van der Waals surface area contributed by atoms with Gasteiger partial charge in [-0.15, -0.1) is 0 Å². The minimum absolute atomic E-state index is 0.0582. The average Bonchev–Trinajstić information content (AvgIpc) is 2.31. The molecule has 0 amide bonds. The highest BCUT2D eigenvalue weighted by Crippen LogP contribution is 2.17. The monoisotopic (exact) mass is 207 g/mol. The molecule has 80 valence electrons. The second-order valence-electron chi connectivity index (χ2n) is 2.34. The Balaban J connectivity index is 0.000000921. The van der Waals surface area contributed by atoms with Gasteiger partial charge in [-0.3, -0.25) is 0 Å². The van der Waals surface area contributed by atoms with Gasteiger partial charge in [0.1, 0.15) is 11.8 Å². The summed E-state index contributed by atoms with van der Waals surface area (Å²) < 4.78 is 4.45. The Kier molecular flexibility index (Phi) is 5.57. The molecule has 0 aliphatic carbocycles. The quantitative estimate of drug-likeness (QED) is 0.715. The number of carbonyl (C=O) groups excluding carboxylic acids is 1. The summed E-state index contributed by atoms with van der Waals surface area (Å²) in [5.74, 6) is -0.674. The van der Waals surface area contributed by atoms with Gasteiger partial charge in [0.25, 0.3) is 0 Å². The number of hydrogen-bond acceptors (Lipinski definition) is 4. The lowest BCUT2D eigenvalue weighted by Crippen LogP contribution is -2.00. The van der Waals surface area contributed by atoms with Crippen LogP contribution in [0, 0.1) is 11.3 Å². The highest BCUT2D eigenvalue weighted by Gasteiger charge is 2.08. The first-order valence-electron chi connectivity index (χ1n) is 4.50. The van der Waals surface area contributed by atoms with Gasteiger partial charge in [0, 0.05) is 0 Å². The molecule has 0 saturated heterocycles. The van der Waals surface area contributed by atoms with Crippen molar-refractivity contribution in [2.45, 2.75) is 13.8 Å². The third-order valence-electron chi connectivity index (χ3n) is 1.54. The van der Waals surface area contributed by atoms with Gasteiger partial charge >= 0.3 is 5.97 Å². The van der Waals surface area contributed by atoms with E-state index in [9.17, 15) is 4.79 Å². The summed E-state index contributed by atoms with van der Waals surface area (Å²) in [5.41, 5.74) is 0.305. The average molecular weight is 207 g/mol. The summed E-state index contributed by atoms with van der Waals surface area (Å²) in [4.78, 5) is 11.0. The molecule has 0 aliphatic heterocycles. The molecule has 0 atom stereocenters. The molecule has 0 spiro atoms. The molecule has 15 heavy (non-hydrogen) atoms. The third-order valence-corrected chi connectivity index (χ3v) is 1.54. The van der Waals surface area contributed by atoms with Crippen molar-refractivity contribution < 1.29 is 14.6 Å². The van der Waals surface area contributed by atoms with Gasteiger partial charge in [0.2, 0.25) is 0 Å². The zero-order valence-corrected chi connectivity index (χ0v) is 8.94. The normalized spacial score (nSPS) is 8.13. The van der Waals surface area contributed by atoms with Crippen LogP contribution in [0.2, 0.25) is 0 Å². The first-order chi connectivity index (χ1) is 7.19. The Morgan fingerprint density at radius 3 is 2.53 bits per heavy atom. The van der Waals surface area contributed by atoms with Gasteiger partial charge in [-0.2, -0.15) is 5.26 Å². The molecular formula is C11H13NO3. The van der Waals surface area contributed by atoms with E-state index in [1.165, 1.54) is 25.3 Å². The van der Waals surface area contributed by atoms with Crippen molar-refractivity contribution in [2.24, 2.45) is 0 Å². The predicted molar refractivity (Wildman–Crippen MR) is 55.5 cm³/mol. The van der Waals surface area contributed by atoms with Crippen LogP contribution < -0.4 is 0 Å². The molecule has 4 nitrogen and oxygen atoms in total.